The summed E-state index contributed by atoms with van der Waals surface area (Å²) in [6, 6.07) is 0. The molecule has 2 saturated carbocycles. The summed E-state index contributed by atoms with van der Waals surface area (Å²) in [6.45, 7) is 6.83. The van der Waals surface area contributed by atoms with Crippen LogP contribution in [0, 0.1) is 16.7 Å². The Morgan fingerprint density at radius 3 is 1.86 bits per heavy atom. The van der Waals surface area contributed by atoms with Crippen LogP contribution in [0.5, 0.6) is 0 Å². The minimum absolute atomic E-state index is 0.430. The zero-order chi connectivity index (χ0) is 27.1. The molecule has 4 fully saturated rings. The van der Waals surface area contributed by atoms with E-state index in [-0.39, 0.29) is 0 Å². The van der Waals surface area contributed by atoms with E-state index in [1.807, 2.05) is 0 Å². The summed E-state index contributed by atoms with van der Waals surface area (Å²) in [7, 11) is 0. The molecule has 36 heavy (non-hydrogen) atoms. The summed E-state index contributed by atoms with van der Waals surface area (Å²) in [6.07, 6.45) is 11.3. The van der Waals surface area contributed by atoms with Crippen molar-refractivity contribution in [3.05, 3.63) is 71.3 Å². The molecule has 0 aromatic carbocycles. The largest absolute Gasteiger partial charge is 0.508 e. The van der Waals surface area contributed by atoms with Crippen LogP contribution in [0.25, 0.3) is 0 Å². The Morgan fingerprint density at radius 2 is 1.33 bits per heavy atom. The normalized spacial score (nSPS) is 44.8. The topological polar surface area (TPSA) is 158 Å². The lowest BCUT2D eigenvalue weighted by Crippen LogP contribution is -2.82. The van der Waals surface area contributed by atoms with Gasteiger partial charge in [0.15, 0.2) is 17.3 Å². The maximum atomic E-state index is 14.0. The minimum atomic E-state index is -3.28. The van der Waals surface area contributed by atoms with Crippen molar-refractivity contribution in [1.82, 2.24) is 0 Å². The van der Waals surface area contributed by atoms with Gasteiger partial charge in [0, 0.05) is 11.5 Å². The lowest BCUT2D eigenvalue weighted by molar-refractivity contribution is -0.350. The van der Waals surface area contributed by atoms with Crippen LogP contribution in [0.15, 0.2) is 71.3 Å². The summed E-state index contributed by atoms with van der Waals surface area (Å²) in [5, 5.41) is 45.5. The number of hydrogen-bond donors (Lipinski definition) is 4. The highest BCUT2D eigenvalue weighted by Crippen LogP contribution is 2.75. The van der Waals surface area contributed by atoms with Gasteiger partial charge in [-0.1, -0.05) is 36.5 Å². The van der Waals surface area contributed by atoms with E-state index in [0.29, 0.717) is 0 Å². The quantitative estimate of drug-likeness (QED) is 0.150. The summed E-state index contributed by atoms with van der Waals surface area (Å²) in [5.74, 6) is -10.8. The van der Waals surface area contributed by atoms with E-state index in [1.54, 1.807) is 32.1 Å². The molecule has 2 aliphatic carbocycles. The number of aliphatic hydroxyl groups excluding tert-OH is 2. The number of fused-ring (bicyclic) bond motifs is 3. The van der Waals surface area contributed by atoms with E-state index in [0.717, 1.165) is 19.9 Å². The second kappa shape index (κ2) is 7.55. The van der Waals surface area contributed by atoms with Crippen molar-refractivity contribution in [1.29, 1.82) is 0 Å². The number of Topliss-reactive ketones (excluding diaryl/α,β-unsaturated/α-hetero) is 4. The Labute approximate surface area is 207 Å². The standard InChI is InChI=1S/C27H28O9/c1-6-8-10-12-14(28)16-18-23(3)20(31)17(15(29)13-11-9-7-2)21(32)26(34)24(4,19(16)30)22(33)25(18,5)36-27(23,26)35/h6-13,18,28-29,34-35H,1-5H3/b8-6+,9-7+,12-10+,13-11+,16-14?,17-15+/t18-,23-,24-,25+,26+,27-/m1/s1. The Kier molecular flexibility index (Phi) is 5.39. The van der Waals surface area contributed by atoms with Crippen LogP contribution < -0.4 is 0 Å². The molecule has 0 spiro atoms. The summed E-state index contributed by atoms with van der Waals surface area (Å²) < 4.78 is 5.72. The molecular weight excluding hydrogens is 468 g/mol. The highest BCUT2D eigenvalue weighted by atomic mass is 16.7. The first kappa shape index (κ1) is 25.7. The zero-order valence-corrected chi connectivity index (χ0v) is 20.5. The molecule has 4 aliphatic rings. The van der Waals surface area contributed by atoms with Gasteiger partial charge in [0.1, 0.15) is 28.1 Å². The molecule has 0 radical (unpaired) electrons. The predicted molar refractivity (Wildman–Crippen MR) is 126 cm³/mol. The fraction of sp³-hybridized carbons (Fsp3) is 0.407. The van der Waals surface area contributed by atoms with Crippen LogP contribution in [0.3, 0.4) is 0 Å². The number of ether oxygens (including phenoxy) is 1. The zero-order valence-electron chi connectivity index (χ0n) is 20.5. The van der Waals surface area contributed by atoms with Gasteiger partial charge in [-0.05, 0) is 46.8 Å². The molecule has 4 rings (SSSR count). The fourth-order valence-electron chi connectivity index (χ4n) is 6.47. The summed E-state index contributed by atoms with van der Waals surface area (Å²) in [4.78, 5) is 55.4. The molecule has 9 nitrogen and oxygen atoms in total. The first-order chi connectivity index (χ1) is 16.7. The third-order valence-corrected chi connectivity index (χ3v) is 8.20. The third kappa shape index (κ3) is 2.40. The van der Waals surface area contributed by atoms with Gasteiger partial charge in [-0.2, -0.15) is 0 Å². The van der Waals surface area contributed by atoms with E-state index in [1.165, 1.54) is 31.2 Å². The van der Waals surface area contributed by atoms with Gasteiger partial charge < -0.3 is 25.2 Å². The Morgan fingerprint density at radius 1 is 0.806 bits per heavy atom. The molecule has 0 unspecified atom stereocenters. The number of allylic oxidation sites excluding steroid dienone is 8. The molecule has 0 aromatic rings. The molecule has 0 aromatic heterocycles. The number of hydrogen-bond acceptors (Lipinski definition) is 9. The average molecular weight is 497 g/mol. The Hall–Kier alpha value is -3.40. The molecule has 4 N–H and O–H groups in total. The Bertz CT molecular complexity index is 1310. The monoisotopic (exact) mass is 496 g/mol. The lowest BCUT2D eigenvalue weighted by atomic mass is 9.53. The summed E-state index contributed by atoms with van der Waals surface area (Å²) in [5.41, 5.74) is -11.6. The SMILES string of the molecule is C/C=C/C=C/C(O)=C1C(=O)[C@]2(C)C(=O)[C@@]3(C)O[C@@]4(O)[C@]2(O)C(=O)\C(=C(O)/C=C/C=C/C)C(=O)[C@@]4(C)[C@@H]13. The van der Waals surface area contributed by atoms with Crippen molar-refractivity contribution in [2.45, 2.75) is 51.6 Å². The minimum Gasteiger partial charge on any atom is -0.508 e. The van der Waals surface area contributed by atoms with E-state index < -0.39 is 79.5 Å². The van der Waals surface area contributed by atoms with E-state index in [9.17, 15) is 39.6 Å². The second-order valence-corrected chi connectivity index (χ2v) is 9.97. The maximum absolute atomic E-state index is 14.0. The van der Waals surface area contributed by atoms with Crippen molar-refractivity contribution in [3.8, 4) is 0 Å². The van der Waals surface area contributed by atoms with Gasteiger partial charge in [-0.25, -0.2) is 0 Å². The highest BCUT2D eigenvalue weighted by molar-refractivity contribution is 6.36. The summed E-state index contributed by atoms with van der Waals surface area (Å²) >= 11 is 0. The molecule has 2 heterocycles. The van der Waals surface area contributed by atoms with Crippen molar-refractivity contribution >= 4 is 23.1 Å². The maximum Gasteiger partial charge on any atom is 0.218 e. The van der Waals surface area contributed by atoms with Gasteiger partial charge in [-0.15, -0.1) is 0 Å². The smallest absolute Gasteiger partial charge is 0.218 e. The number of aliphatic hydroxyl groups is 4. The second-order valence-electron chi connectivity index (χ2n) is 9.97. The van der Waals surface area contributed by atoms with Crippen molar-refractivity contribution in [3.63, 3.8) is 0 Å². The molecule has 190 valence electrons. The van der Waals surface area contributed by atoms with Crippen molar-refractivity contribution in [2.24, 2.45) is 16.7 Å². The molecule has 6 atom stereocenters. The van der Waals surface area contributed by atoms with Crippen LogP contribution in [0.2, 0.25) is 0 Å². The lowest BCUT2D eigenvalue weighted by Gasteiger charge is -2.58. The van der Waals surface area contributed by atoms with Gasteiger partial charge in [0.25, 0.3) is 0 Å². The van der Waals surface area contributed by atoms with Crippen LogP contribution in [-0.4, -0.2) is 60.5 Å². The van der Waals surface area contributed by atoms with E-state index >= 15 is 0 Å². The van der Waals surface area contributed by atoms with Gasteiger partial charge in [0.05, 0.1) is 5.41 Å². The number of ketones is 4. The first-order valence-corrected chi connectivity index (χ1v) is 11.5. The van der Waals surface area contributed by atoms with Crippen molar-refractivity contribution in [2.75, 3.05) is 0 Å². The van der Waals surface area contributed by atoms with Gasteiger partial charge >= 0.3 is 0 Å². The number of carbonyl (C=O) groups is 4. The van der Waals surface area contributed by atoms with E-state index in [2.05, 4.69) is 0 Å². The Balaban J connectivity index is 2.18. The molecule has 2 aliphatic heterocycles. The fourth-order valence-corrected chi connectivity index (χ4v) is 6.47. The molecule has 0 amide bonds. The first-order valence-electron chi connectivity index (χ1n) is 11.5. The average Bonchev–Trinajstić information content (AvgIpc) is 3.00. The highest BCUT2D eigenvalue weighted by Gasteiger charge is 2.95. The van der Waals surface area contributed by atoms with Crippen LogP contribution in [0.1, 0.15) is 34.6 Å². The molecule has 2 saturated heterocycles. The van der Waals surface area contributed by atoms with Gasteiger partial charge in [0.2, 0.25) is 17.2 Å². The van der Waals surface area contributed by atoms with Crippen molar-refractivity contribution < 1.29 is 44.3 Å². The van der Waals surface area contributed by atoms with Crippen LogP contribution in [0.4, 0.5) is 0 Å². The predicted octanol–water partition coefficient (Wildman–Crippen LogP) is 2.03. The third-order valence-electron chi connectivity index (χ3n) is 8.20. The van der Waals surface area contributed by atoms with E-state index in [4.69, 9.17) is 4.74 Å². The molecule has 9 heteroatoms. The van der Waals surface area contributed by atoms with Gasteiger partial charge in [-0.3, -0.25) is 19.2 Å². The molecular formula is C27H28O9. The molecule has 3 bridgehead atoms. The van der Waals surface area contributed by atoms with Crippen LogP contribution >= 0.6 is 0 Å². The van der Waals surface area contributed by atoms with Crippen LogP contribution in [-0.2, 0) is 23.9 Å². The number of rotatable bonds is 4. The number of carbonyl (C=O) groups excluding carboxylic acids is 4.